The lowest BCUT2D eigenvalue weighted by Gasteiger charge is -2.12. The number of aliphatic hydroxyl groups is 2. The second kappa shape index (κ2) is 31.2. The maximum atomic E-state index is 14.0. The first-order valence-electron chi connectivity index (χ1n) is 30.5. The van der Waals surface area contributed by atoms with Crippen LogP contribution in [-0.2, 0) is 53.4 Å². The maximum Gasteiger partial charge on any atom is 0.333 e. The molecule has 11 N–H and O–H groups in total. The Hall–Kier alpha value is -8.16. The Balaban J connectivity index is 0.000000137. The predicted molar refractivity (Wildman–Crippen MR) is 377 cm³/mol. The van der Waals surface area contributed by atoms with Gasteiger partial charge in [0.2, 0.25) is 20.4 Å². The van der Waals surface area contributed by atoms with Gasteiger partial charge in [-0.2, -0.15) is 51.5 Å². The number of anilines is 3. The molecule has 6 aliphatic heterocycles. The van der Waals surface area contributed by atoms with E-state index in [4.69, 9.17) is 66.5 Å². The lowest BCUT2D eigenvalue weighted by Crippen LogP contribution is -2.28. The van der Waals surface area contributed by atoms with Gasteiger partial charge in [0.25, 0.3) is 0 Å². The van der Waals surface area contributed by atoms with Crippen LogP contribution in [0.2, 0.25) is 0 Å². The smallest absolute Gasteiger partial charge is 0.333 e. The Labute approximate surface area is 604 Å². The molecule has 0 spiro atoms. The van der Waals surface area contributed by atoms with Crippen LogP contribution in [0.1, 0.15) is 53.4 Å². The Kier molecular flexibility index (Phi) is 22.3. The lowest BCUT2D eigenvalue weighted by atomic mass is 10.1. The number of nitrogen functional groups attached to an aromatic ring is 3. The number of nitrogens with zero attached hydrogens (tertiary/aromatic N) is 14. The summed E-state index contributed by atoms with van der Waals surface area (Å²) in [6, 6.07) is 11.4. The Morgan fingerprint density at radius 2 is 0.909 bits per heavy atom. The number of benzene rings is 3. The second-order valence-electron chi connectivity index (χ2n) is 22.9. The third-order valence-electron chi connectivity index (χ3n) is 16.1. The van der Waals surface area contributed by atoms with Crippen LogP contribution in [0.25, 0.3) is 33.5 Å². The van der Waals surface area contributed by atoms with Gasteiger partial charge in [-0.1, -0.05) is 29.6 Å². The number of fused-ring (bicyclic) bond motifs is 6. The molecule has 518 valence electrons. The number of likely N-dealkylation sites (tertiary alicyclic amines) is 2. The highest BCUT2D eigenvalue weighted by atomic mass is 127. The highest BCUT2D eigenvalue weighted by Crippen LogP contribution is 2.39. The van der Waals surface area contributed by atoms with Crippen LogP contribution in [-0.4, -0.2) is 178 Å². The van der Waals surface area contributed by atoms with Crippen molar-refractivity contribution < 1.29 is 64.4 Å². The zero-order chi connectivity index (χ0) is 69.6. The van der Waals surface area contributed by atoms with Crippen LogP contribution in [0.3, 0.4) is 0 Å². The molecular formula is C62H61F3I3N19O11S. The number of halogens is 6. The fraction of sp³-hybridized carbons (Fsp3) is 0.371. The number of terminal acetylenes is 1. The molecule has 3 saturated heterocycles. The minimum absolute atomic E-state index is 0.00750. The maximum absolute atomic E-state index is 14.0. The molecule has 3 unspecified atom stereocenters. The third-order valence-corrected chi connectivity index (χ3v) is 19.6. The number of hydrogen-bond donors (Lipinski definition) is 7. The summed E-state index contributed by atoms with van der Waals surface area (Å²) in [5, 5.41) is 26.3. The quantitative estimate of drug-likeness (QED) is 0.0491. The van der Waals surface area contributed by atoms with Gasteiger partial charge >= 0.3 is 28.5 Å². The fourth-order valence-electron chi connectivity index (χ4n) is 11.3. The minimum Gasteiger partial charge on any atom is -0.454 e. The average Bonchev–Trinajstić information content (AvgIpc) is 1.64. The molecular weight excluding hydrogens is 1660 g/mol. The van der Waals surface area contributed by atoms with E-state index in [1.165, 1.54) is 0 Å². The molecule has 6 aromatic heterocycles. The Bertz CT molecular complexity index is 4860. The number of rotatable bonds is 13. The number of aliphatic hydroxyl groups excluding tert-OH is 2. The van der Waals surface area contributed by atoms with Crippen molar-refractivity contribution in [2.24, 2.45) is 5.14 Å². The molecule has 99 heavy (non-hydrogen) atoms. The monoisotopic (exact) mass is 1720 g/mol. The van der Waals surface area contributed by atoms with Crippen LogP contribution >= 0.6 is 67.8 Å². The van der Waals surface area contributed by atoms with E-state index in [-0.39, 0.29) is 81.0 Å². The van der Waals surface area contributed by atoms with Crippen LogP contribution in [0, 0.1) is 65.0 Å². The predicted octanol–water partition coefficient (Wildman–Crippen LogP) is 3.76. The van der Waals surface area contributed by atoms with E-state index in [9.17, 15) is 26.7 Å². The van der Waals surface area contributed by atoms with Crippen LogP contribution in [0.5, 0.6) is 34.5 Å². The van der Waals surface area contributed by atoms with Gasteiger partial charge in [0, 0.05) is 62.7 Å². The highest BCUT2D eigenvalue weighted by Gasteiger charge is 2.28. The third kappa shape index (κ3) is 17.2. The van der Waals surface area contributed by atoms with Crippen LogP contribution in [0.15, 0.2) is 36.4 Å². The van der Waals surface area contributed by atoms with Gasteiger partial charge in [0.05, 0.1) is 51.0 Å². The van der Waals surface area contributed by atoms with Crippen molar-refractivity contribution in [3.05, 3.63) is 99.5 Å². The molecule has 15 rings (SSSR count). The Morgan fingerprint density at radius 3 is 1.25 bits per heavy atom. The van der Waals surface area contributed by atoms with Gasteiger partial charge in [-0.25, -0.2) is 20.1 Å². The number of nitrogens with one attached hydrogen (secondary N) is 1. The summed E-state index contributed by atoms with van der Waals surface area (Å²) in [6.45, 7) is 6.46. The first-order valence-corrected chi connectivity index (χ1v) is 35.2. The fourth-order valence-corrected chi connectivity index (χ4v) is 13.7. The summed E-state index contributed by atoms with van der Waals surface area (Å²) >= 11 is 6.67. The molecule has 0 amide bonds. The normalized spacial score (nSPS) is 17.3. The summed E-state index contributed by atoms with van der Waals surface area (Å²) in [5.41, 5.74) is 22.3. The van der Waals surface area contributed by atoms with Gasteiger partial charge in [-0.15, -0.1) is 6.42 Å². The zero-order valence-electron chi connectivity index (χ0n) is 52.2. The molecule has 3 aromatic carbocycles. The van der Waals surface area contributed by atoms with E-state index < -0.39 is 34.6 Å². The molecule has 9 aromatic rings. The van der Waals surface area contributed by atoms with Gasteiger partial charge in [0.1, 0.15) is 17.5 Å². The van der Waals surface area contributed by atoms with Gasteiger partial charge in [0.15, 0.2) is 85.4 Å². The number of β-amino-alcohol motifs (C(OH)–C–C–N with tert-alkyl or cyclic N) is 2. The van der Waals surface area contributed by atoms with E-state index in [0.717, 1.165) is 59.9 Å². The molecule has 37 heteroatoms. The summed E-state index contributed by atoms with van der Waals surface area (Å²) < 4.78 is 109. The number of nitrogens with two attached hydrogens (primary N) is 4. The highest BCUT2D eigenvalue weighted by molar-refractivity contribution is 14.1. The molecule has 0 bridgehead atoms. The van der Waals surface area contributed by atoms with E-state index in [1.54, 1.807) is 13.7 Å². The van der Waals surface area contributed by atoms with Crippen molar-refractivity contribution in [3.63, 3.8) is 0 Å². The molecule has 0 aliphatic carbocycles. The average molecular weight is 1720 g/mol. The SMILES string of the molecule is C#CCn1c(Cc2cc3c(cc2I)OCO3)nc2c(N)nc(F)nc21.Nc1nc(F)nc2c1nc(Cc1cc3c(cc1I)OCO3)n2CC#CCN1CCC(O)C1.Nc1nc(F)nc2c1nc(Cc1cc3c(cc1I)OCO3)n2CC#CCN1CCC(OS(N)(=O)=O)C1.OC1CCNC1. The number of imidazole rings is 3. The van der Waals surface area contributed by atoms with E-state index >= 15 is 0 Å². The molecule has 0 radical (unpaired) electrons. The minimum atomic E-state index is -3.99. The van der Waals surface area contributed by atoms with E-state index in [0.29, 0.717) is 133 Å². The van der Waals surface area contributed by atoms with E-state index in [2.05, 4.69) is 152 Å². The first kappa shape index (κ1) is 70.7. The van der Waals surface area contributed by atoms with Crippen molar-refractivity contribution in [2.45, 2.75) is 76.5 Å². The van der Waals surface area contributed by atoms with Crippen molar-refractivity contribution in [1.29, 1.82) is 0 Å². The Morgan fingerprint density at radius 1 is 0.535 bits per heavy atom. The van der Waals surface area contributed by atoms with Crippen molar-refractivity contribution in [2.75, 3.05) is 89.9 Å². The summed E-state index contributed by atoms with van der Waals surface area (Å²) in [5.74, 6) is 20.8. The zero-order valence-corrected chi connectivity index (χ0v) is 59.5. The van der Waals surface area contributed by atoms with Crippen molar-refractivity contribution in [1.82, 2.24) is 73.7 Å². The number of aromatic nitrogens is 12. The largest absolute Gasteiger partial charge is 0.454 e. The topological polar surface area (TPSA) is 393 Å². The van der Waals surface area contributed by atoms with Crippen LogP contribution in [0.4, 0.5) is 30.6 Å². The summed E-state index contributed by atoms with van der Waals surface area (Å²) in [7, 11) is -3.99. The molecule has 3 fully saturated rings. The first-order chi connectivity index (χ1) is 47.6. The standard InChI is InChI=1S/C21H21FIN7O5S.C21H20FIN6O3.C16H11FIN5O2.C4H9NO/c22-21-27-19(24)18-20(28-21)30(5-2-1-4-29-6-3-13(10-29)35-36(25,31)32)17(26-18)8-12-7-15-16(9-14(12)23)34-11-33-15;22-21-26-19(24)18-20(27-21)29(5-2-1-4-28-6-3-13(30)10-28)17(25-18)8-12-7-15-16(9-14(12)23)32-11-31-15;1-2-3-23-12(20-13-14(19)21-16(17)22-15(13)23)5-8-4-10-11(6-9(8)18)25-7-24-10;6-4-1-2-5-3-4/h7,9,13H,3-6,8,10-11H2,(H2,24,27,28)(H2,25,31,32);7,9,13,30H,3-6,8,10-11H2,(H2,24,26,27);1,4,6H,3,5,7H2,(H2,19,21,22);4-6H,1-3H2. The molecule has 3 atom stereocenters. The summed E-state index contributed by atoms with van der Waals surface area (Å²) in [6.07, 6.45) is 5.38. The van der Waals surface area contributed by atoms with E-state index in [1.807, 2.05) is 41.3 Å². The van der Waals surface area contributed by atoms with Gasteiger partial charge in [-0.3, -0.25) is 14.0 Å². The second-order valence-corrected chi connectivity index (χ2v) is 27.5. The summed E-state index contributed by atoms with van der Waals surface area (Å²) in [4.78, 5) is 40.1. The number of hydrogen-bond acceptors (Lipinski definition) is 26. The number of ether oxygens (including phenoxy) is 6. The van der Waals surface area contributed by atoms with Gasteiger partial charge in [-0.05, 0) is 147 Å². The molecule has 12 heterocycles. The molecule has 30 nitrogen and oxygen atoms in total. The van der Waals surface area contributed by atoms with Crippen LogP contribution < -0.4 is 56.1 Å². The molecule has 6 aliphatic rings. The lowest BCUT2D eigenvalue weighted by molar-refractivity contribution is 0.173. The van der Waals surface area contributed by atoms with Gasteiger partial charge < -0.3 is 74.9 Å². The van der Waals surface area contributed by atoms with Crippen molar-refractivity contribution >= 4 is 129 Å². The molecule has 0 saturated carbocycles. The van der Waals surface area contributed by atoms with Crippen molar-refractivity contribution in [3.8, 4) is 70.5 Å².